The van der Waals surface area contributed by atoms with Crippen molar-refractivity contribution in [2.45, 2.75) is 13.0 Å². The molecule has 1 aliphatic heterocycles. The van der Waals surface area contributed by atoms with Gasteiger partial charge in [0, 0.05) is 13.1 Å². The summed E-state index contributed by atoms with van der Waals surface area (Å²) in [7, 11) is 3.77. The van der Waals surface area contributed by atoms with E-state index in [1.807, 2.05) is 6.07 Å². The number of aromatic nitrogens is 2. The Morgan fingerprint density at radius 2 is 2.05 bits per heavy atom. The van der Waals surface area contributed by atoms with Gasteiger partial charge in [-0.1, -0.05) is 0 Å². The van der Waals surface area contributed by atoms with E-state index in [1.54, 1.807) is 7.11 Å². The molecule has 0 atom stereocenters. The van der Waals surface area contributed by atoms with Crippen LogP contribution < -0.4 is 10.1 Å². The van der Waals surface area contributed by atoms with Gasteiger partial charge in [-0.05, 0) is 36.7 Å². The molecule has 0 unspecified atom stereocenters. The van der Waals surface area contributed by atoms with Crippen LogP contribution in [0.25, 0.3) is 0 Å². The third-order valence-corrected chi connectivity index (χ3v) is 3.75. The SMILES string of the molecule is COc1cc2c(cc1Nc1ncc(C#N)cn1)CN(C)CC2. The van der Waals surface area contributed by atoms with Crippen molar-refractivity contribution >= 4 is 11.6 Å². The lowest BCUT2D eigenvalue weighted by atomic mass is 9.99. The monoisotopic (exact) mass is 295 g/mol. The van der Waals surface area contributed by atoms with Crippen molar-refractivity contribution in [3.05, 3.63) is 41.2 Å². The molecule has 0 spiro atoms. The van der Waals surface area contributed by atoms with Crippen molar-refractivity contribution in [2.24, 2.45) is 0 Å². The number of likely N-dealkylation sites (N-methyl/N-ethyl adjacent to an activating group) is 1. The Morgan fingerprint density at radius 1 is 1.27 bits per heavy atom. The first-order valence-electron chi connectivity index (χ1n) is 7.07. The number of nitrogens with one attached hydrogen (secondary N) is 1. The number of methoxy groups -OCH3 is 1. The molecule has 0 aliphatic carbocycles. The van der Waals surface area contributed by atoms with E-state index in [1.165, 1.54) is 23.5 Å². The summed E-state index contributed by atoms with van der Waals surface area (Å²) in [6.07, 6.45) is 4.01. The van der Waals surface area contributed by atoms with Gasteiger partial charge in [-0.15, -0.1) is 0 Å². The van der Waals surface area contributed by atoms with Crippen molar-refractivity contribution in [3.63, 3.8) is 0 Å². The van der Waals surface area contributed by atoms with E-state index in [0.29, 0.717) is 11.5 Å². The summed E-state index contributed by atoms with van der Waals surface area (Å²) in [5.41, 5.74) is 3.87. The van der Waals surface area contributed by atoms with Gasteiger partial charge in [0.1, 0.15) is 11.8 Å². The highest BCUT2D eigenvalue weighted by atomic mass is 16.5. The number of anilines is 2. The van der Waals surface area contributed by atoms with Crippen LogP contribution in [-0.2, 0) is 13.0 Å². The number of hydrogen-bond donors (Lipinski definition) is 1. The van der Waals surface area contributed by atoms with Gasteiger partial charge in [0.05, 0.1) is 30.8 Å². The van der Waals surface area contributed by atoms with Crippen LogP contribution in [0.1, 0.15) is 16.7 Å². The van der Waals surface area contributed by atoms with Crippen LogP contribution >= 0.6 is 0 Å². The fourth-order valence-electron chi connectivity index (χ4n) is 2.57. The van der Waals surface area contributed by atoms with Gasteiger partial charge in [-0.2, -0.15) is 5.26 Å². The Kier molecular flexibility index (Phi) is 3.90. The third kappa shape index (κ3) is 2.85. The summed E-state index contributed by atoms with van der Waals surface area (Å²) in [4.78, 5) is 10.6. The first kappa shape index (κ1) is 14.3. The zero-order valence-electron chi connectivity index (χ0n) is 12.6. The van der Waals surface area contributed by atoms with Crippen LogP contribution in [0.15, 0.2) is 24.5 Å². The van der Waals surface area contributed by atoms with Crippen LogP contribution in [0.3, 0.4) is 0 Å². The fourth-order valence-corrected chi connectivity index (χ4v) is 2.57. The minimum atomic E-state index is 0.435. The number of rotatable bonds is 3. The molecular weight excluding hydrogens is 278 g/mol. The summed E-state index contributed by atoms with van der Waals surface area (Å²) in [6.45, 7) is 1.98. The predicted molar refractivity (Wildman–Crippen MR) is 83.1 cm³/mol. The minimum Gasteiger partial charge on any atom is -0.495 e. The Hall–Kier alpha value is -2.65. The van der Waals surface area contributed by atoms with Gasteiger partial charge in [0.25, 0.3) is 0 Å². The molecule has 3 rings (SSSR count). The maximum Gasteiger partial charge on any atom is 0.227 e. The number of ether oxygens (including phenoxy) is 1. The molecule has 1 N–H and O–H groups in total. The van der Waals surface area contributed by atoms with E-state index in [2.05, 4.69) is 39.4 Å². The standard InChI is InChI=1S/C16H17N5O/c1-21-4-3-12-6-15(22-2)14(5-13(12)10-21)20-16-18-8-11(7-17)9-19-16/h5-6,8-9H,3-4,10H2,1-2H3,(H,18,19,20). The van der Waals surface area contributed by atoms with Crippen LogP contribution in [0.2, 0.25) is 0 Å². The van der Waals surface area contributed by atoms with Gasteiger partial charge in [-0.3, -0.25) is 0 Å². The molecule has 22 heavy (non-hydrogen) atoms. The topological polar surface area (TPSA) is 74.1 Å². The lowest BCUT2D eigenvalue weighted by molar-refractivity contribution is 0.312. The molecule has 6 heteroatoms. The average molecular weight is 295 g/mol. The number of nitriles is 1. The van der Waals surface area contributed by atoms with E-state index >= 15 is 0 Å². The van der Waals surface area contributed by atoms with Crippen LogP contribution in [0, 0.1) is 11.3 Å². The van der Waals surface area contributed by atoms with E-state index in [4.69, 9.17) is 10.00 Å². The molecule has 0 saturated heterocycles. The second-order valence-corrected chi connectivity index (χ2v) is 5.34. The molecule has 1 aliphatic rings. The number of benzene rings is 1. The van der Waals surface area contributed by atoms with E-state index in [-0.39, 0.29) is 0 Å². The highest BCUT2D eigenvalue weighted by molar-refractivity contribution is 5.65. The van der Waals surface area contributed by atoms with Crippen molar-refractivity contribution in [3.8, 4) is 11.8 Å². The third-order valence-electron chi connectivity index (χ3n) is 3.75. The minimum absolute atomic E-state index is 0.435. The summed E-state index contributed by atoms with van der Waals surface area (Å²) in [5.74, 6) is 1.22. The van der Waals surface area contributed by atoms with Crippen molar-refractivity contribution < 1.29 is 4.74 Å². The molecule has 0 saturated carbocycles. The zero-order chi connectivity index (χ0) is 15.5. The predicted octanol–water partition coefficient (Wildman–Crippen LogP) is 2.09. The van der Waals surface area contributed by atoms with Crippen LogP contribution in [0.4, 0.5) is 11.6 Å². The maximum atomic E-state index is 8.78. The van der Waals surface area contributed by atoms with Gasteiger partial charge >= 0.3 is 0 Å². The van der Waals surface area contributed by atoms with E-state index in [9.17, 15) is 0 Å². The van der Waals surface area contributed by atoms with Gasteiger partial charge in [0.15, 0.2) is 0 Å². The zero-order valence-corrected chi connectivity index (χ0v) is 12.6. The Morgan fingerprint density at radius 3 is 2.73 bits per heavy atom. The molecule has 0 radical (unpaired) electrons. The molecule has 2 heterocycles. The van der Waals surface area contributed by atoms with Gasteiger partial charge in [0.2, 0.25) is 5.95 Å². The first-order valence-corrected chi connectivity index (χ1v) is 7.07. The number of nitrogens with zero attached hydrogens (tertiary/aromatic N) is 4. The molecule has 0 amide bonds. The van der Waals surface area contributed by atoms with Crippen molar-refractivity contribution in [1.82, 2.24) is 14.9 Å². The average Bonchev–Trinajstić information content (AvgIpc) is 2.55. The summed E-state index contributed by atoms with van der Waals surface area (Å²) < 4.78 is 5.47. The lowest BCUT2D eigenvalue weighted by Gasteiger charge is -2.26. The van der Waals surface area contributed by atoms with E-state index in [0.717, 1.165) is 30.9 Å². The van der Waals surface area contributed by atoms with Crippen LogP contribution in [-0.4, -0.2) is 35.6 Å². The van der Waals surface area contributed by atoms with E-state index < -0.39 is 0 Å². The largest absolute Gasteiger partial charge is 0.495 e. The molecule has 0 bridgehead atoms. The second kappa shape index (κ2) is 6.00. The van der Waals surface area contributed by atoms with Gasteiger partial charge in [-0.25, -0.2) is 9.97 Å². The second-order valence-electron chi connectivity index (χ2n) is 5.34. The van der Waals surface area contributed by atoms with Crippen molar-refractivity contribution in [1.29, 1.82) is 5.26 Å². The van der Waals surface area contributed by atoms with Crippen molar-refractivity contribution in [2.75, 3.05) is 26.0 Å². The summed E-state index contributed by atoms with van der Waals surface area (Å²) >= 11 is 0. The Labute approximate surface area is 129 Å². The highest BCUT2D eigenvalue weighted by Gasteiger charge is 2.17. The normalized spacial score (nSPS) is 14.0. The molecule has 1 aromatic heterocycles. The first-order chi connectivity index (χ1) is 10.7. The van der Waals surface area contributed by atoms with Crippen LogP contribution in [0.5, 0.6) is 5.75 Å². The Balaban J connectivity index is 1.91. The Bertz CT molecular complexity index is 721. The maximum absolute atomic E-state index is 8.78. The molecule has 2 aromatic rings. The smallest absolute Gasteiger partial charge is 0.227 e. The molecular formula is C16H17N5O. The summed E-state index contributed by atoms with van der Waals surface area (Å²) in [5, 5.41) is 11.9. The number of hydrogen-bond acceptors (Lipinski definition) is 6. The summed E-state index contributed by atoms with van der Waals surface area (Å²) in [6, 6.07) is 6.17. The molecule has 6 nitrogen and oxygen atoms in total. The van der Waals surface area contributed by atoms with Gasteiger partial charge < -0.3 is 15.0 Å². The molecule has 112 valence electrons. The fraction of sp³-hybridized carbons (Fsp3) is 0.312. The number of fused-ring (bicyclic) bond motifs is 1. The quantitative estimate of drug-likeness (QED) is 0.934. The lowest BCUT2D eigenvalue weighted by Crippen LogP contribution is -2.26. The highest BCUT2D eigenvalue weighted by Crippen LogP contribution is 2.32. The molecule has 1 aromatic carbocycles. The molecule has 0 fully saturated rings.